The highest BCUT2D eigenvalue weighted by atomic mass is 16.5. The van der Waals surface area contributed by atoms with Crippen LogP contribution in [0, 0.1) is 11.3 Å². The summed E-state index contributed by atoms with van der Waals surface area (Å²) in [5.41, 5.74) is 0.327. The van der Waals surface area contributed by atoms with E-state index in [-0.39, 0.29) is 5.92 Å². The molecule has 3 unspecified atom stereocenters. The standard InChI is InChI=1S/C21H36N4O2/c1-3-27-18-13-17(21(18)10-6-11-21)24-20(22-2)23-16-9-12-25(14-16)19(26)15-7-4-5-8-15/h15-18H,3-14H2,1-2H3,(H2,22,23,24). The summed E-state index contributed by atoms with van der Waals surface area (Å²) < 4.78 is 5.96. The number of nitrogens with one attached hydrogen (secondary N) is 2. The normalized spacial score (nSPS) is 33.0. The van der Waals surface area contributed by atoms with Crippen LogP contribution in [0.1, 0.15) is 64.7 Å². The number of hydrogen-bond acceptors (Lipinski definition) is 3. The van der Waals surface area contributed by atoms with Crippen LogP contribution in [-0.2, 0) is 9.53 Å². The largest absolute Gasteiger partial charge is 0.378 e. The maximum absolute atomic E-state index is 12.6. The maximum atomic E-state index is 12.6. The van der Waals surface area contributed by atoms with E-state index < -0.39 is 0 Å². The van der Waals surface area contributed by atoms with Crippen molar-refractivity contribution in [2.24, 2.45) is 16.3 Å². The fourth-order valence-corrected chi connectivity index (χ4v) is 5.68. The number of carbonyl (C=O) groups is 1. The molecule has 0 aromatic heterocycles. The van der Waals surface area contributed by atoms with Gasteiger partial charge in [-0.25, -0.2) is 0 Å². The summed E-state index contributed by atoms with van der Waals surface area (Å²) in [6, 6.07) is 0.772. The molecule has 6 nitrogen and oxygen atoms in total. The minimum atomic E-state index is 0.283. The van der Waals surface area contributed by atoms with Crippen LogP contribution in [-0.4, -0.2) is 61.7 Å². The molecule has 4 rings (SSSR count). The van der Waals surface area contributed by atoms with E-state index in [1.807, 2.05) is 7.05 Å². The van der Waals surface area contributed by atoms with E-state index in [0.29, 0.717) is 29.5 Å². The highest BCUT2D eigenvalue weighted by Crippen LogP contribution is 2.57. The molecule has 1 spiro atoms. The van der Waals surface area contributed by atoms with Crippen molar-refractivity contribution < 1.29 is 9.53 Å². The van der Waals surface area contributed by atoms with Crippen molar-refractivity contribution in [3.63, 3.8) is 0 Å². The molecule has 1 aliphatic heterocycles. The molecule has 0 bridgehead atoms. The first-order valence-electron chi connectivity index (χ1n) is 11.1. The van der Waals surface area contributed by atoms with Crippen LogP contribution in [0.5, 0.6) is 0 Å². The van der Waals surface area contributed by atoms with Crippen LogP contribution in [0.15, 0.2) is 4.99 Å². The predicted octanol–water partition coefficient (Wildman–Crippen LogP) is 2.29. The molecule has 0 aromatic carbocycles. The smallest absolute Gasteiger partial charge is 0.225 e. The number of rotatable bonds is 5. The van der Waals surface area contributed by atoms with E-state index in [1.165, 1.54) is 32.1 Å². The zero-order chi connectivity index (χ0) is 18.9. The topological polar surface area (TPSA) is 66.0 Å². The molecule has 3 aliphatic carbocycles. The molecule has 6 heteroatoms. The van der Waals surface area contributed by atoms with Gasteiger partial charge in [-0.3, -0.25) is 9.79 Å². The average molecular weight is 377 g/mol. The molecule has 3 atom stereocenters. The third kappa shape index (κ3) is 3.57. The zero-order valence-corrected chi connectivity index (χ0v) is 17.0. The number of nitrogens with zero attached hydrogens (tertiary/aromatic N) is 2. The number of aliphatic imine (C=N–C) groups is 1. The quantitative estimate of drug-likeness (QED) is 0.571. The van der Waals surface area contributed by atoms with Crippen LogP contribution < -0.4 is 10.6 Å². The van der Waals surface area contributed by atoms with E-state index in [9.17, 15) is 4.79 Å². The van der Waals surface area contributed by atoms with E-state index in [2.05, 4.69) is 27.4 Å². The van der Waals surface area contributed by atoms with Gasteiger partial charge in [0.2, 0.25) is 5.91 Å². The maximum Gasteiger partial charge on any atom is 0.225 e. The first kappa shape index (κ1) is 19.0. The molecule has 4 aliphatic rings. The average Bonchev–Trinajstić information content (AvgIpc) is 3.29. The Kier molecular flexibility index (Phi) is 5.62. The second kappa shape index (κ2) is 7.98. The highest BCUT2D eigenvalue weighted by Gasteiger charge is 2.59. The molecule has 152 valence electrons. The van der Waals surface area contributed by atoms with Gasteiger partial charge in [0.1, 0.15) is 0 Å². The Bertz CT molecular complexity index is 569. The number of carbonyl (C=O) groups excluding carboxylic acids is 1. The summed E-state index contributed by atoms with van der Waals surface area (Å²) in [6.07, 6.45) is 10.9. The van der Waals surface area contributed by atoms with Gasteiger partial charge in [0.05, 0.1) is 6.10 Å². The molecule has 1 amide bonds. The van der Waals surface area contributed by atoms with Crippen molar-refractivity contribution in [1.82, 2.24) is 15.5 Å². The molecule has 0 radical (unpaired) electrons. The van der Waals surface area contributed by atoms with Crippen LogP contribution in [0.25, 0.3) is 0 Å². The van der Waals surface area contributed by atoms with Crippen molar-refractivity contribution in [2.45, 2.75) is 82.9 Å². The lowest BCUT2D eigenvalue weighted by Crippen LogP contribution is -2.69. The zero-order valence-electron chi connectivity index (χ0n) is 17.0. The lowest BCUT2D eigenvalue weighted by Gasteiger charge is -2.61. The highest BCUT2D eigenvalue weighted by molar-refractivity contribution is 5.82. The fourth-order valence-electron chi connectivity index (χ4n) is 5.68. The van der Waals surface area contributed by atoms with Crippen molar-refractivity contribution in [2.75, 3.05) is 26.7 Å². The van der Waals surface area contributed by atoms with Crippen molar-refractivity contribution in [3.05, 3.63) is 0 Å². The van der Waals surface area contributed by atoms with Crippen LogP contribution in [0.2, 0.25) is 0 Å². The Morgan fingerprint density at radius 3 is 2.59 bits per heavy atom. The number of likely N-dealkylation sites (tertiary alicyclic amines) is 1. The van der Waals surface area contributed by atoms with Crippen molar-refractivity contribution in [3.8, 4) is 0 Å². The lowest BCUT2D eigenvalue weighted by molar-refractivity contribution is -0.168. The van der Waals surface area contributed by atoms with E-state index in [1.54, 1.807) is 0 Å². The fraction of sp³-hybridized carbons (Fsp3) is 0.905. The monoisotopic (exact) mass is 376 g/mol. The van der Waals surface area contributed by atoms with Crippen LogP contribution in [0.3, 0.4) is 0 Å². The van der Waals surface area contributed by atoms with Crippen molar-refractivity contribution in [1.29, 1.82) is 0 Å². The predicted molar refractivity (Wildman–Crippen MR) is 107 cm³/mol. The molecule has 2 N–H and O–H groups in total. The van der Waals surface area contributed by atoms with Gasteiger partial charge < -0.3 is 20.3 Å². The van der Waals surface area contributed by atoms with Crippen LogP contribution >= 0.6 is 0 Å². The van der Waals surface area contributed by atoms with Gasteiger partial charge in [-0.05, 0) is 45.4 Å². The molecular weight excluding hydrogens is 340 g/mol. The summed E-state index contributed by atoms with van der Waals surface area (Å²) in [4.78, 5) is 19.2. The van der Waals surface area contributed by atoms with Gasteiger partial charge >= 0.3 is 0 Å². The van der Waals surface area contributed by atoms with Gasteiger partial charge in [0, 0.05) is 50.2 Å². The van der Waals surface area contributed by atoms with Gasteiger partial charge in [-0.2, -0.15) is 0 Å². The number of hydrogen-bond donors (Lipinski definition) is 2. The van der Waals surface area contributed by atoms with Crippen molar-refractivity contribution >= 4 is 11.9 Å². The van der Waals surface area contributed by atoms with Gasteiger partial charge in [0.25, 0.3) is 0 Å². The molecule has 27 heavy (non-hydrogen) atoms. The van der Waals surface area contributed by atoms with E-state index in [4.69, 9.17) is 4.74 Å². The van der Waals surface area contributed by atoms with Gasteiger partial charge in [-0.1, -0.05) is 19.3 Å². The van der Waals surface area contributed by atoms with E-state index >= 15 is 0 Å². The van der Waals surface area contributed by atoms with Crippen LogP contribution in [0.4, 0.5) is 0 Å². The molecule has 1 heterocycles. The summed E-state index contributed by atoms with van der Waals surface area (Å²) in [7, 11) is 1.85. The summed E-state index contributed by atoms with van der Waals surface area (Å²) in [5, 5.41) is 7.24. The first-order chi connectivity index (χ1) is 13.2. The molecule has 3 saturated carbocycles. The number of guanidine groups is 1. The third-order valence-corrected chi connectivity index (χ3v) is 7.52. The summed E-state index contributed by atoms with van der Waals surface area (Å²) >= 11 is 0. The molecule has 0 aromatic rings. The SMILES string of the molecule is CCOC1CC(NC(=NC)NC2CCN(C(=O)C3CCCC3)C2)C12CCC2. The van der Waals surface area contributed by atoms with Gasteiger partial charge in [-0.15, -0.1) is 0 Å². The Morgan fingerprint density at radius 1 is 1.19 bits per heavy atom. The number of amides is 1. The second-order valence-electron chi connectivity index (χ2n) is 8.93. The second-order valence-corrected chi connectivity index (χ2v) is 8.93. The van der Waals surface area contributed by atoms with E-state index in [0.717, 1.165) is 51.3 Å². The Balaban J connectivity index is 1.27. The Hall–Kier alpha value is -1.30. The lowest BCUT2D eigenvalue weighted by atomic mass is 9.51. The molecule has 4 fully saturated rings. The molecular formula is C21H36N4O2. The molecule has 1 saturated heterocycles. The summed E-state index contributed by atoms with van der Waals surface area (Å²) in [5.74, 6) is 1.55. The minimum absolute atomic E-state index is 0.283. The Morgan fingerprint density at radius 2 is 1.96 bits per heavy atom. The van der Waals surface area contributed by atoms with Gasteiger partial charge in [0.15, 0.2) is 5.96 Å². The first-order valence-corrected chi connectivity index (χ1v) is 11.1. The summed E-state index contributed by atoms with van der Waals surface area (Å²) in [6.45, 7) is 4.59. The minimum Gasteiger partial charge on any atom is -0.378 e. The third-order valence-electron chi connectivity index (χ3n) is 7.52. The Labute approximate surface area is 163 Å². The number of ether oxygens (including phenoxy) is 1.